The molecule has 0 N–H and O–H groups in total. The van der Waals surface area contributed by atoms with Crippen molar-refractivity contribution in [2.45, 2.75) is 52.4 Å². The fourth-order valence-electron chi connectivity index (χ4n) is 13.9. The predicted molar refractivity (Wildman–Crippen MR) is 312 cm³/mol. The molecule has 6 nitrogen and oxygen atoms in total. The fraction of sp³-hybridized carbons (Fsp3) is 0.114. The molecule has 0 saturated heterocycles. The van der Waals surface area contributed by atoms with Gasteiger partial charge in [0.15, 0.2) is 0 Å². The minimum Gasteiger partial charge on any atom is -0.279 e. The number of hydrogen-bond acceptors (Lipinski definition) is 6. The lowest BCUT2D eigenvalue weighted by Gasteiger charge is -2.35. The van der Waals surface area contributed by atoms with Gasteiger partial charge in [-0.1, -0.05) is 166 Å². The molecule has 0 amide bonds. The van der Waals surface area contributed by atoms with E-state index in [0.717, 1.165) is 45.5 Å². The molecule has 1 unspecified atom stereocenters. The molecule has 10 aromatic carbocycles. The van der Waals surface area contributed by atoms with Gasteiger partial charge in [-0.15, -0.1) is 0 Å². The van der Waals surface area contributed by atoms with E-state index < -0.39 is 10.8 Å². The molecule has 362 valence electrons. The Kier molecular flexibility index (Phi) is 9.38. The van der Waals surface area contributed by atoms with Crippen molar-refractivity contribution in [3.8, 4) is 33.4 Å². The van der Waals surface area contributed by atoms with Crippen molar-refractivity contribution in [2.75, 3.05) is 9.80 Å². The standard InChI is InChI=1S/C70H52N6/c1-41-37-42(2)72-67(71-41)75(46-22-9-7-10-23-46)48-34-35-55-58(39-48)69(5,6)66-60(76(47-24-11-8-12-25-47)68-73-43(3)38-44(4)74-68)40-59-64(63(55)66)62-52-29-17-15-27-50(52)51-28-16-18-30-53(51)65(62)70(59)56-32-20-19-31-54(56)61-49-26-14-13-21-45(49)33-36-57(61)70/h7-40H,1-6H3. The summed E-state index contributed by atoms with van der Waals surface area (Å²) in [7, 11) is 0. The minimum atomic E-state index is -0.739. The predicted octanol–water partition coefficient (Wildman–Crippen LogP) is 17.5. The molecule has 0 fully saturated rings. The third-order valence-corrected chi connectivity index (χ3v) is 16.6. The minimum absolute atomic E-state index is 0.563. The maximum absolute atomic E-state index is 5.33. The number of aromatic nitrogens is 4. The SMILES string of the molecule is Cc1cc(C)nc(N(c2ccccc2)c2ccc3c(c2)C(C)(C)c2c(N(c4ccccc4)c4nc(C)cc(C)n4)cc4c(c2-3)-c2c(c3ccccc3c3ccccc23)C42c3ccccc3-c3c2ccc2ccccc32)n1. The lowest BCUT2D eigenvalue weighted by atomic mass is 9.68. The summed E-state index contributed by atoms with van der Waals surface area (Å²) in [6, 6.07) is 76.3. The summed E-state index contributed by atoms with van der Waals surface area (Å²) in [5, 5.41) is 7.50. The first-order chi connectivity index (χ1) is 37.1. The fourth-order valence-corrected chi connectivity index (χ4v) is 13.9. The number of rotatable bonds is 6. The molecule has 0 bridgehead atoms. The van der Waals surface area contributed by atoms with Crippen molar-refractivity contribution in [1.29, 1.82) is 0 Å². The highest BCUT2D eigenvalue weighted by atomic mass is 15.3. The van der Waals surface area contributed by atoms with E-state index in [1.165, 1.54) is 99.1 Å². The lowest BCUT2D eigenvalue weighted by molar-refractivity contribution is 0.660. The van der Waals surface area contributed by atoms with Crippen LogP contribution in [0.5, 0.6) is 0 Å². The first-order valence-corrected chi connectivity index (χ1v) is 26.4. The van der Waals surface area contributed by atoms with Crippen molar-refractivity contribution in [3.05, 3.63) is 262 Å². The Morgan fingerprint density at radius 1 is 0.329 bits per heavy atom. The topological polar surface area (TPSA) is 58.0 Å². The zero-order valence-electron chi connectivity index (χ0n) is 43.3. The van der Waals surface area contributed by atoms with Crippen molar-refractivity contribution in [1.82, 2.24) is 19.9 Å². The normalized spacial score (nSPS) is 15.1. The van der Waals surface area contributed by atoms with Crippen LogP contribution in [0.4, 0.5) is 34.6 Å². The Balaban J connectivity index is 1.15. The summed E-state index contributed by atoms with van der Waals surface area (Å²) in [5.74, 6) is 1.28. The molecule has 2 aromatic heterocycles. The highest BCUT2D eigenvalue weighted by Crippen LogP contribution is 2.71. The van der Waals surface area contributed by atoms with E-state index in [1.807, 2.05) is 19.9 Å². The monoisotopic (exact) mass is 976 g/mol. The van der Waals surface area contributed by atoms with E-state index in [1.54, 1.807) is 0 Å². The van der Waals surface area contributed by atoms with Gasteiger partial charge in [0.25, 0.3) is 0 Å². The van der Waals surface area contributed by atoms with E-state index in [-0.39, 0.29) is 0 Å². The average molecular weight is 977 g/mol. The Labute approximate surface area is 442 Å². The van der Waals surface area contributed by atoms with Gasteiger partial charge < -0.3 is 0 Å². The first kappa shape index (κ1) is 44.2. The van der Waals surface area contributed by atoms with E-state index >= 15 is 0 Å². The second-order valence-corrected chi connectivity index (χ2v) is 21.5. The van der Waals surface area contributed by atoms with Crippen molar-refractivity contribution >= 4 is 67.0 Å². The number of benzene rings is 10. The van der Waals surface area contributed by atoms with Gasteiger partial charge >= 0.3 is 0 Å². The number of anilines is 6. The van der Waals surface area contributed by atoms with E-state index in [4.69, 9.17) is 19.9 Å². The van der Waals surface area contributed by atoms with Crippen LogP contribution in [0.2, 0.25) is 0 Å². The summed E-state index contributed by atoms with van der Waals surface area (Å²) in [5.41, 5.74) is 21.6. The molecular weight excluding hydrogens is 925 g/mol. The number of hydrogen-bond donors (Lipinski definition) is 0. The smallest absolute Gasteiger partial charge is 0.235 e. The van der Waals surface area contributed by atoms with Crippen LogP contribution in [0.15, 0.2) is 206 Å². The highest BCUT2D eigenvalue weighted by Gasteiger charge is 2.56. The molecule has 3 aliphatic rings. The Morgan fingerprint density at radius 2 is 0.855 bits per heavy atom. The summed E-state index contributed by atoms with van der Waals surface area (Å²) in [4.78, 5) is 25.4. The second-order valence-electron chi connectivity index (χ2n) is 21.5. The zero-order chi connectivity index (χ0) is 51.2. The maximum atomic E-state index is 5.33. The molecular formula is C70H52N6. The van der Waals surface area contributed by atoms with Gasteiger partial charge in [-0.3, -0.25) is 9.80 Å². The largest absolute Gasteiger partial charge is 0.279 e. The third-order valence-electron chi connectivity index (χ3n) is 16.6. The van der Waals surface area contributed by atoms with Gasteiger partial charge in [0.05, 0.1) is 11.1 Å². The number of nitrogens with zero attached hydrogens (tertiary/aromatic N) is 6. The van der Waals surface area contributed by atoms with Crippen molar-refractivity contribution in [2.24, 2.45) is 0 Å². The van der Waals surface area contributed by atoms with E-state index in [0.29, 0.717) is 11.9 Å². The van der Waals surface area contributed by atoms with E-state index in [2.05, 4.69) is 238 Å². The molecule has 1 atom stereocenters. The highest BCUT2D eigenvalue weighted by molar-refractivity contribution is 6.23. The van der Waals surface area contributed by atoms with Crippen LogP contribution in [-0.4, -0.2) is 19.9 Å². The second kappa shape index (κ2) is 16.1. The number of aryl methyl sites for hydroxylation is 4. The summed E-state index contributed by atoms with van der Waals surface area (Å²) in [6.45, 7) is 13.1. The van der Waals surface area contributed by atoms with Gasteiger partial charge in [0.2, 0.25) is 11.9 Å². The van der Waals surface area contributed by atoms with Crippen LogP contribution in [0.3, 0.4) is 0 Å². The molecule has 0 saturated carbocycles. The Hall–Kier alpha value is -9.26. The molecule has 0 aliphatic heterocycles. The zero-order valence-corrected chi connectivity index (χ0v) is 43.3. The number of fused-ring (bicyclic) bond motifs is 21. The maximum Gasteiger partial charge on any atom is 0.235 e. The van der Waals surface area contributed by atoms with Crippen LogP contribution in [0.1, 0.15) is 70.0 Å². The molecule has 12 aromatic rings. The van der Waals surface area contributed by atoms with Crippen LogP contribution in [0, 0.1) is 27.7 Å². The molecule has 2 heterocycles. The molecule has 3 aliphatic carbocycles. The summed E-state index contributed by atoms with van der Waals surface area (Å²) < 4.78 is 0. The van der Waals surface area contributed by atoms with Crippen LogP contribution < -0.4 is 9.80 Å². The van der Waals surface area contributed by atoms with Gasteiger partial charge in [0, 0.05) is 45.3 Å². The van der Waals surface area contributed by atoms with Crippen LogP contribution >= 0.6 is 0 Å². The Morgan fingerprint density at radius 3 is 1.53 bits per heavy atom. The summed E-state index contributed by atoms with van der Waals surface area (Å²) in [6.07, 6.45) is 0. The van der Waals surface area contributed by atoms with Gasteiger partial charge in [0.1, 0.15) is 0 Å². The van der Waals surface area contributed by atoms with Crippen molar-refractivity contribution < 1.29 is 0 Å². The quantitative estimate of drug-likeness (QED) is 0.155. The van der Waals surface area contributed by atoms with Crippen molar-refractivity contribution in [3.63, 3.8) is 0 Å². The molecule has 6 heteroatoms. The van der Waals surface area contributed by atoms with E-state index in [9.17, 15) is 0 Å². The molecule has 0 radical (unpaired) electrons. The molecule has 1 spiro atoms. The van der Waals surface area contributed by atoms with Gasteiger partial charge in [-0.25, -0.2) is 19.9 Å². The van der Waals surface area contributed by atoms with Gasteiger partial charge in [-0.05, 0) is 181 Å². The van der Waals surface area contributed by atoms with Gasteiger partial charge in [-0.2, -0.15) is 0 Å². The van der Waals surface area contributed by atoms with Crippen LogP contribution in [0.25, 0.3) is 65.7 Å². The van der Waals surface area contributed by atoms with Crippen LogP contribution in [-0.2, 0) is 10.8 Å². The first-order valence-electron chi connectivity index (χ1n) is 26.4. The Bertz CT molecular complexity index is 4410. The molecule has 76 heavy (non-hydrogen) atoms. The lowest BCUT2D eigenvalue weighted by Crippen LogP contribution is -2.28. The number of para-hydroxylation sites is 2. The third kappa shape index (κ3) is 6.04. The molecule has 15 rings (SSSR count). The summed E-state index contributed by atoms with van der Waals surface area (Å²) >= 11 is 0. The average Bonchev–Trinajstić information content (AvgIpc) is 4.20.